The molecule has 1 aromatic carbocycles. The number of halogens is 3. The average Bonchev–Trinajstić information content (AvgIpc) is 2.77. The Morgan fingerprint density at radius 3 is 2.50 bits per heavy atom. The first kappa shape index (κ1) is 12.1. The van der Waals surface area contributed by atoms with E-state index in [1.165, 1.54) is 12.1 Å². The van der Waals surface area contributed by atoms with Gasteiger partial charge < -0.3 is 5.11 Å². The Morgan fingerprint density at radius 2 is 1.94 bits per heavy atom. The molecule has 0 atom stereocenters. The van der Waals surface area contributed by atoms with Crippen LogP contribution in [0.2, 0.25) is 0 Å². The second-order valence-electron chi connectivity index (χ2n) is 3.34. The van der Waals surface area contributed by atoms with Gasteiger partial charge in [0.15, 0.2) is 5.69 Å². The van der Waals surface area contributed by atoms with Crippen molar-refractivity contribution >= 4 is 5.97 Å². The van der Waals surface area contributed by atoms with Crippen molar-refractivity contribution in [3.05, 3.63) is 41.7 Å². The van der Waals surface area contributed by atoms with E-state index in [-0.39, 0.29) is 5.69 Å². The van der Waals surface area contributed by atoms with Crippen LogP contribution < -0.4 is 0 Å². The fraction of sp³-hybridized carbons (Fsp3) is 0.100. The van der Waals surface area contributed by atoms with Crippen molar-refractivity contribution in [1.29, 1.82) is 0 Å². The molecule has 0 radical (unpaired) electrons. The van der Waals surface area contributed by atoms with Crippen LogP contribution in [0.4, 0.5) is 13.2 Å². The molecule has 2 aromatic rings. The summed E-state index contributed by atoms with van der Waals surface area (Å²) in [6.45, 7) is 0. The number of aromatic carboxylic acids is 1. The van der Waals surface area contributed by atoms with Crippen LogP contribution in [0.25, 0.3) is 5.69 Å². The van der Waals surface area contributed by atoms with Gasteiger partial charge in [-0.25, -0.2) is 4.79 Å². The number of hydrogen-bond donors (Lipinski definition) is 1. The van der Waals surface area contributed by atoms with Crippen LogP contribution in [0, 0.1) is 0 Å². The lowest BCUT2D eigenvalue weighted by Gasteiger charge is -2.10. The van der Waals surface area contributed by atoms with Gasteiger partial charge in [0.2, 0.25) is 0 Å². The van der Waals surface area contributed by atoms with Crippen molar-refractivity contribution in [3.8, 4) is 5.69 Å². The van der Waals surface area contributed by atoms with Gasteiger partial charge in [-0.1, -0.05) is 12.1 Å². The second-order valence-corrected chi connectivity index (χ2v) is 3.34. The third kappa shape index (κ3) is 2.17. The molecular formula is C10H6F3N3O2. The van der Waals surface area contributed by atoms with Crippen molar-refractivity contribution < 1.29 is 23.1 Å². The Bertz CT molecular complexity index is 592. The minimum absolute atomic E-state index is 0.322. The maximum Gasteiger partial charge on any atom is 0.418 e. The molecule has 5 nitrogen and oxygen atoms in total. The normalized spacial score (nSPS) is 11.5. The number of aromatic nitrogens is 3. The van der Waals surface area contributed by atoms with Crippen molar-refractivity contribution in [1.82, 2.24) is 15.0 Å². The zero-order valence-electron chi connectivity index (χ0n) is 8.72. The largest absolute Gasteiger partial charge is 0.476 e. The first-order valence-electron chi connectivity index (χ1n) is 4.72. The molecular weight excluding hydrogens is 251 g/mol. The molecule has 1 N–H and O–H groups in total. The zero-order valence-corrected chi connectivity index (χ0v) is 8.72. The van der Waals surface area contributed by atoms with E-state index in [0.717, 1.165) is 18.3 Å². The number of para-hydroxylation sites is 1. The SMILES string of the molecule is O=C(O)c1cnn(-c2ccccc2C(F)(F)F)n1. The molecule has 0 bridgehead atoms. The van der Waals surface area contributed by atoms with Gasteiger partial charge in [0.05, 0.1) is 17.4 Å². The molecule has 0 amide bonds. The number of rotatable bonds is 2. The number of carboxylic acids is 1. The molecule has 0 saturated heterocycles. The topological polar surface area (TPSA) is 68.0 Å². The summed E-state index contributed by atoms with van der Waals surface area (Å²) >= 11 is 0. The lowest BCUT2D eigenvalue weighted by Crippen LogP contribution is -2.12. The van der Waals surface area contributed by atoms with Crippen LogP contribution in [-0.2, 0) is 6.18 Å². The first-order valence-corrected chi connectivity index (χ1v) is 4.72. The van der Waals surface area contributed by atoms with Gasteiger partial charge in [0, 0.05) is 0 Å². The van der Waals surface area contributed by atoms with Crippen LogP contribution in [0.1, 0.15) is 16.1 Å². The summed E-state index contributed by atoms with van der Waals surface area (Å²) < 4.78 is 38.1. The molecule has 8 heteroatoms. The molecule has 0 fully saturated rings. The Labute approximate surface area is 98.5 Å². The van der Waals surface area contributed by atoms with Crippen molar-refractivity contribution in [2.75, 3.05) is 0 Å². The molecule has 0 spiro atoms. The van der Waals surface area contributed by atoms with E-state index in [4.69, 9.17) is 5.11 Å². The molecule has 1 heterocycles. The molecule has 0 unspecified atom stereocenters. The zero-order chi connectivity index (χ0) is 13.3. The third-order valence-electron chi connectivity index (χ3n) is 2.14. The van der Waals surface area contributed by atoms with E-state index < -0.39 is 23.4 Å². The highest BCUT2D eigenvalue weighted by Crippen LogP contribution is 2.33. The summed E-state index contributed by atoms with van der Waals surface area (Å²) in [6.07, 6.45) is -3.68. The van der Waals surface area contributed by atoms with E-state index in [2.05, 4.69) is 10.2 Å². The van der Waals surface area contributed by atoms with Crippen LogP contribution in [0.5, 0.6) is 0 Å². The van der Waals surface area contributed by atoms with Gasteiger partial charge in [0.1, 0.15) is 0 Å². The van der Waals surface area contributed by atoms with Crippen LogP contribution in [-0.4, -0.2) is 26.1 Å². The number of hydrogen-bond acceptors (Lipinski definition) is 3. The summed E-state index contributed by atoms with van der Waals surface area (Å²) in [4.78, 5) is 11.2. The van der Waals surface area contributed by atoms with E-state index in [1.54, 1.807) is 0 Å². The number of benzene rings is 1. The molecule has 18 heavy (non-hydrogen) atoms. The summed E-state index contributed by atoms with van der Waals surface area (Å²) in [6, 6.07) is 4.65. The lowest BCUT2D eigenvalue weighted by atomic mass is 10.2. The molecule has 0 aliphatic rings. The van der Waals surface area contributed by atoms with Crippen LogP contribution in [0.15, 0.2) is 30.5 Å². The highest BCUT2D eigenvalue weighted by molar-refractivity contribution is 5.84. The molecule has 0 saturated carbocycles. The minimum Gasteiger partial charge on any atom is -0.476 e. The molecule has 94 valence electrons. The standard InChI is InChI=1S/C10H6F3N3O2/c11-10(12,13)6-3-1-2-4-8(6)16-14-5-7(15-16)9(17)18/h1-5H,(H,17,18). The van der Waals surface area contributed by atoms with E-state index >= 15 is 0 Å². The van der Waals surface area contributed by atoms with Crippen molar-refractivity contribution in [2.24, 2.45) is 0 Å². The van der Waals surface area contributed by atoms with Gasteiger partial charge >= 0.3 is 12.1 Å². The number of alkyl halides is 3. The summed E-state index contributed by atoms with van der Waals surface area (Å²) in [5.41, 5.74) is -1.68. The Balaban J connectivity index is 2.53. The molecule has 1 aromatic heterocycles. The van der Waals surface area contributed by atoms with Gasteiger partial charge in [-0.2, -0.15) is 23.1 Å². The Hall–Kier alpha value is -2.38. The number of carboxylic acid groups (broad SMARTS) is 1. The van der Waals surface area contributed by atoms with E-state index in [0.29, 0.717) is 4.80 Å². The molecule has 0 aliphatic heterocycles. The highest BCUT2D eigenvalue weighted by Gasteiger charge is 2.34. The maximum absolute atomic E-state index is 12.7. The minimum atomic E-state index is -4.56. The number of nitrogens with zero attached hydrogens (tertiary/aromatic N) is 3. The maximum atomic E-state index is 12.7. The third-order valence-corrected chi connectivity index (χ3v) is 2.14. The van der Waals surface area contributed by atoms with Gasteiger partial charge in [-0.05, 0) is 12.1 Å². The summed E-state index contributed by atoms with van der Waals surface area (Å²) in [7, 11) is 0. The predicted octanol–water partition coefficient (Wildman–Crippen LogP) is 1.98. The predicted molar refractivity (Wildman–Crippen MR) is 53.3 cm³/mol. The van der Waals surface area contributed by atoms with Crippen molar-refractivity contribution in [2.45, 2.75) is 6.18 Å². The second kappa shape index (κ2) is 4.13. The summed E-state index contributed by atoms with van der Waals surface area (Å²) in [5.74, 6) is -1.36. The fourth-order valence-electron chi connectivity index (χ4n) is 1.36. The molecule has 2 rings (SSSR count). The van der Waals surface area contributed by atoms with Gasteiger partial charge in [-0.3, -0.25) is 0 Å². The smallest absolute Gasteiger partial charge is 0.418 e. The van der Waals surface area contributed by atoms with Crippen molar-refractivity contribution in [3.63, 3.8) is 0 Å². The Kier molecular flexibility index (Phi) is 2.77. The van der Waals surface area contributed by atoms with Crippen LogP contribution in [0.3, 0.4) is 0 Å². The lowest BCUT2D eigenvalue weighted by molar-refractivity contribution is -0.137. The first-order chi connectivity index (χ1) is 8.39. The Morgan fingerprint density at radius 1 is 1.28 bits per heavy atom. The van der Waals surface area contributed by atoms with Gasteiger partial charge in [0.25, 0.3) is 0 Å². The fourth-order valence-corrected chi connectivity index (χ4v) is 1.36. The van der Waals surface area contributed by atoms with E-state index in [9.17, 15) is 18.0 Å². The highest BCUT2D eigenvalue weighted by atomic mass is 19.4. The van der Waals surface area contributed by atoms with E-state index in [1.807, 2.05) is 0 Å². The van der Waals surface area contributed by atoms with Crippen LogP contribution >= 0.6 is 0 Å². The quantitative estimate of drug-likeness (QED) is 0.893. The number of carbonyl (C=O) groups is 1. The summed E-state index contributed by atoms with van der Waals surface area (Å²) in [5, 5.41) is 15.6. The monoisotopic (exact) mass is 257 g/mol. The molecule has 0 aliphatic carbocycles. The van der Waals surface area contributed by atoms with Gasteiger partial charge in [-0.15, -0.1) is 5.10 Å². The average molecular weight is 257 g/mol.